The van der Waals surface area contributed by atoms with E-state index in [1.165, 1.54) is 11.9 Å². The molecule has 0 bridgehead atoms. The second-order valence-electron chi connectivity index (χ2n) is 4.46. The van der Waals surface area contributed by atoms with E-state index in [4.69, 9.17) is 0 Å². The van der Waals surface area contributed by atoms with Crippen LogP contribution in [0.4, 0.5) is 8.78 Å². The summed E-state index contributed by atoms with van der Waals surface area (Å²) in [4.78, 5) is 13.3. The van der Waals surface area contributed by atoms with Crippen LogP contribution in [0.2, 0.25) is 0 Å². The zero-order chi connectivity index (χ0) is 12.2. The van der Waals surface area contributed by atoms with Crippen LogP contribution in [0.1, 0.15) is 26.2 Å². The molecule has 1 saturated heterocycles. The lowest BCUT2D eigenvalue weighted by Gasteiger charge is -2.38. The van der Waals surface area contributed by atoms with Crippen LogP contribution in [0.5, 0.6) is 0 Å². The van der Waals surface area contributed by atoms with Gasteiger partial charge >= 0.3 is 0 Å². The van der Waals surface area contributed by atoms with Crippen LogP contribution in [-0.4, -0.2) is 43.9 Å². The van der Waals surface area contributed by atoms with Gasteiger partial charge in [0, 0.05) is 7.05 Å². The Kier molecular flexibility index (Phi) is 4.65. The monoisotopic (exact) mass is 234 g/mol. The minimum atomic E-state index is -2.45. The Bertz CT molecular complexity index is 240. The Balaban J connectivity index is 2.67. The maximum Gasteiger partial charge on any atom is 0.255 e. The third-order valence-electron chi connectivity index (χ3n) is 3.45. The number of rotatable bonds is 4. The van der Waals surface area contributed by atoms with Crippen molar-refractivity contribution in [2.75, 3.05) is 26.7 Å². The molecule has 1 fully saturated rings. The predicted octanol–water partition coefficient (Wildman–Crippen LogP) is 1.49. The van der Waals surface area contributed by atoms with Crippen molar-refractivity contribution >= 4 is 5.91 Å². The second-order valence-corrected chi connectivity index (χ2v) is 4.46. The van der Waals surface area contributed by atoms with Crippen molar-refractivity contribution in [1.82, 2.24) is 10.2 Å². The van der Waals surface area contributed by atoms with Gasteiger partial charge in [-0.25, -0.2) is 8.78 Å². The van der Waals surface area contributed by atoms with Crippen LogP contribution in [-0.2, 0) is 4.79 Å². The first kappa shape index (κ1) is 13.4. The van der Waals surface area contributed by atoms with E-state index in [2.05, 4.69) is 5.32 Å². The number of nitrogens with one attached hydrogen (secondary N) is 1. The molecule has 0 unspecified atom stereocenters. The van der Waals surface area contributed by atoms with Crippen molar-refractivity contribution in [3.63, 3.8) is 0 Å². The van der Waals surface area contributed by atoms with Crippen LogP contribution in [0, 0.1) is 5.41 Å². The highest BCUT2D eigenvalue weighted by Gasteiger charge is 2.39. The molecule has 1 amide bonds. The maximum atomic E-state index is 12.2. The van der Waals surface area contributed by atoms with Crippen LogP contribution in [0.3, 0.4) is 0 Å². The van der Waals surface area contributed by atoms with E-state index in [1.807, 2.05) is 6.92 Å². The van der Waals surface area contributed by atoms with Gasteiger partial charge in [0.05, 0.1) is 12.0 Å². The van der Waals surface area contributed by atoms with E-state index in [1.54, 1.807) is 0 Å². The van der Waals surface area contributed by atoms with Gasteiger partial charge < -0.3 is 10.2 Å². The average molecular weight is 234 g/mol. The molecular formula is C11H20F2N2O. The Labute approximate surface area is 95.2 Å². The Morgan fingerprint density at radius 3 is 2.44 bits per heavy atom. The van der Waals surface area contributed by atoms with E-state index in [-0.39, 0.29) is 5.91 Å². The summed E-state index contributed by atoms with van der Waals surface area (Å²) >= 11 is 0. The number of alkyl halides is 2. The first-order valence-corrected chi connectivity index (χ1v) is 5.76. The largest absolute Gasteiger partial charge is 0.340 e. The zero-order valence-electron chi connectivity index (χ0n) is 9.93. The Morgan fingerprint density at radius 1 is 1.44 bits per heavy atom. The highest BCUT2D eigenvalue weighted by Crippen LogP contribution is 2.34. The lowest BCUT2D eigenvalue weighted by atomic mass is 9.75. The summed E-state index contributed by atoms with van der Waals surface area (Å²) in [6, 6.07) is 0. The van der Waals surface area contributed by atoms with E-state index in [0.29, 0.717) is 0 Å². The Hall–Kier alpha value is -0.710. The lowest BCUT2D eigenvalue weighted by molar-refractivity contribution is -0.144. The summed E-state index contributed by atoms with van der Waals surface area (Å²) in [5.41, 5.74) is -0.422. The number of halogens is 2. The predicted molar refractivity (Wildman–Crippen MR) is 58.5 cm³/mol. The van der Waals surface area contributed by atoms with Crippen molar-refractivity contribution in [3.8, 4) is 0 Å². The quantitative estimate of drug-likeness (QED) is 0.799. The van der Waals surface area contributed by atoms with Crippen molar-refractivity contribution in [3.05, 3.63) is 0 Å². The van der Waals surface area contributed by atoms with E-state index >= 15 is 0 Å². The van der Waals surface area contributed by atoms with Gasteiger partial charge in [-0.2, -0.15) is 0 Å². The summed E-state index contributed by atoms with van der Waals surface area (Å²) < 4.78 is 24.5. The molecule has 0 aliphatic carbocycles. The van der Waals surface area contributed by atoms with Gasteiger partial charge in [-0.3, -0.25) is 4.79 Å². The summed E-state index contributed by atoms with van der Waals surface area (Å²) in [6.07, 6.45) is -0.239. The molecule has 0 saturated carbocycles. The van der Waals surface area contributed by atoms with Gasteiger partial charge in [-0.05, 0) is 32.4 Å². The highest BCUT2D eigenvalue weighted by molar-refractivity contribution is 5.82. The minimum Gasteiger partial charge on any atom is -0.340 e. The number of carbonyl (C=O) groups excluding carboxylic acids is 1. The van der Waals surface area contributed by atoms with Gasteiger partial charge in [0.25, 0.3) is 6.43 Å². The first-order valence-electron chi connectivity index (χ1n) is 5.76. The molecule has 1 heterocycles. The molecule has 1 aliphatic heterocycles. The molecule has 0 aromatic carbocycles. The molecule has 1 rings (SSSR count). The molecule has 94 valence electrons. The summed E-state index contributed by atoms with van der Waals surface area (Å²) in [5.74, 6) is -0.128. The molecule has 5 heteroatoms. The summed E-state index contributed by atoms with van der Waals surface area (Å²) in [7, 11) is 1.47. The van der Waals surface area contributed by atoms with Crippen molar-refractivity contribution in [2.45, 2.75) is 32.6 Å². The van der Waals surface area contributed by atoms with Gasteiger partial charge in [-0.1, -0.05) is 6.92 Å². The van der Waals surface area contributed by atoms with Crippen LogP contribution in [0.25, 0.3) is 0 Å². The van der Waals surface area contributed by atoms with Gasteiger partial charge in [0.15, 0.2) is 0 Å². The molecule has 3 nitrogen and oxygen atoms in total. The fraction of sp³-hybridized carbons (Fsp3) is 0.909. The molecular weight excluding hydrogens is 214 g/mol. The van der Waals surface area contributed by atoms with Crippen molar-refractivity contribution in [1.29, 1.82) is 0 Å². The molecule has 0 aromatic rings. The number of amides is 1. The molecule has 0 aromatic heterocycles. The standard InChI is InChI=1S/C11H20F2N2O/c1-3-11(4-6-14-7-5-11)10(16)15(2)8-9(12)13/h9,14H,3-8H2,1-2H3. The van der Waals surface area contributed by atoms with Gasteiger partial charge in [0.1, 0.15) is 0 Å². The van der Waals surface area contributed by atoms with Crippen LogP contribution in [0.15, 0.2) is 0 Å². The van der Waals surface area contributed by atoms with Crippen molar-refractivity contribution in [2.24, 2.45) is 5.41 Å². The van der Waals surface area contributed by atoms with Crippen LogP contribution >= 0.6 is 0 Å². The van der Waals surface area contributed by atoms with Gasteiger partial charge in [-0.15, -0.1) is 0 Å². The van der Waals surface area contributed by atoms with Crippen molar-refractivity contribution < 1.29 is 13.6 Å². The third kappa shape index (κ3) is 2.90. The maximum absolute atomic E-state index is 12.2. The smallest absolute Gasteiger partial charge is 0.255 e. The number of hydrogen-bond acceptors (Lipinski definition) is 2. The number of piperidine rings is 1. The lowest BCUT2D eigenvalue weighted by Crippen LogP contribution is -2.48. The highest BCUT2D eigenvalue weighted by atomic mass is 19.3. The van der Waals surface area contributed by atoms with Crippen LogP contribution < -0.4 is 5.32 Å². The topological polar surface area (TPSA) is 32.3 Å². The fourth-order valence-corrected chi connectivity index (χ4v) is 2.32. The molecule has 0 spiro atoms. The average Bonchev–Trinajstić information content (AvgIpc) is 2.28. The summed E-state index contributed by atoms with van der Waals surface area (Å²) in [5, 5.41) is 3.19. The molecule has 16 heavy (non-hydrogen) atoms. The number of hydrogen-bond donors (Lipinski definition) is 1. The van der Waals surface area contributed by atoms with E-state index < -0.39 is 18.4 Å². The SMILES string of the molecule is CCC1(C(=O)N(C)CC(F)F)CCNCC1. The molecule has 0 radical (unpaired) electrons. The number of carbonyl (C=O) groups is 1. The normalized spacial score (nSPS) is 19.8. The first-order chi connectivity index (χ1) is 7.52. The van der Waals surface area contributed by atoms with E-state index in [9.17, 15) is 13.6 Å². The molecule has 1 N–H and O–H groups in total. The fourth-order valence-electron chi connectivity index (χ4n) is 2.32. The van der Waals surface area contributed by atoms with E-state index in [0.717, 1.165) is 32.4 Å². The summed E-state index contributed by atoms with van der Waals surface area (Å²) in [6.45, 7) is 3.08. The third-order valence-corrected chi connectivity index (χ3v) is 3.45. The molecule has 1 aliphatic rings. The molecule has 0 atom stereocenters. The van der Waals surface area contributed by atoms with Gasteiger partial charge in [0.2, 0.25) is 5.91 Å². The minimum absolute atomic E-state index is 0.128. The Morgan fingerprint density at radius 2 is 2.00 bits per heavy atom. The number of nitrogens with zero attached hydrogens (tertiary/aromatic N) is 1. The zero-order valence-corrected chi connectivity index (χ0v) is 9.93. The second kappa shape index (κ2) is 5.57.